The van der Waals surface area contributed by atoms with Crippen molar-refractivity contribution in [1.29, 1.82) is 0 Å². The van der Waals surface area contributed by atoms with Crippen LogP contribution in [0.3, 0.4) is 0 Å². The van der Waals surface area contributed by atoms with E-state index in [4.69, 9.17) is 0 Å². The molecule has 0 spiro atoms. The van der Waals surface area contributed by atoms with Crippen molar-refractivity contribution in [2.24, 2.45) is 0 Å². The maximum atomic E-state index is 11.7. The lowest BCUT2D eigenvalue weighted by atomic mass is 10.1. The molecule has 1 aliphatic heterocycles. The number of anilines is 1. The van der Waals surface area contributed by atoms with Crippen molar-refractivity contribution in [3.8, 4) is 0 Å². The first-order valence-corrected chi connectivity index (χ1v) is 7.26. The molecule has 2 rings (SSSR count). The number of piperidine rings is 1. The first-order valence-electron chi connectivity index (χ1n) is 7.26. The molecule has 1 saturated heterocycles. The third kappa shape index (κ3) is 4.38. The van der Waals surface area contributed by atoms with Crippen molar-refractivity contribution in [1.82, 2.24) is 10.6 Å². The van der Waals surface area contributed by atoms with Crippen LogP contribution in [0.2, 0.25) is 0 Å². The van der Waals surface area contributed by atoms with Gasteiger partial charge in [0.15, 0.2) is 0 Å². The topological polar surface area (TPSA) is 53.2 Å². The molecular formula is C16H23N3O. The number of carbonyl (C=O) groups excluding carboxylic acids is 1. The average Bonchev–Trinajstić information content (AvgIpc) is 2.52. The van der Waals surface area contributed by atoms with Gasteiger partial charge in [0.05, 0.1) is 0 Å². The summed E-state index contributed by atoms with van der Waals surface area (Å²) in [6, 6.07) is 8.14. The van der Waals surface area contributed by atoms with Gasteiger partial charge in [-0.25, -0.2) is 0 Å². The lowest BCUT2D eigenvalue weighted by molar-refractivity contribution is 0.0958. The van der Waals surface area contributed by atoms with E-state index in [0.29, 0.717) is 18.2 Å². The zero-order valence-electron chi connectivity index (χ0n) is 11.8. The molecular weight excluding hydrogens is 250 g/mol. The predicted molar refractivity (Wildman–Crippen MR) is 83.1 cm³/mol. The summed E-state index contributed by atoms with van der Waals surface area (Å²) in [5.41, 5.74) is 1.73. The SMILES string of the molecule is C=CCNC(=O)c1ccc(NCC2CCCCN2)cc1. The van der Waals surface area contributed by atoms with Crippen LogP contribution in [0.25, 0.3) is 0 Å². The molecule has 1 aromatic carbocycles. The molecule has 4 heteroatoms. The van der Waals surface area contributed by atoms with Crippen LogP contribution < -0.4 is 16.0 Å². The number of rotatable bonds is 6. The van der Waals surface area contributed by atoms with Crippen molar-refractivity contribution in [2.75, 3.05) is 25.0 Å². The van der Waals surface area contributed by atoms with E-state index in [2.05, 4.69) is 22.5 Å². The molecule has 1 amide bonds. The fraction of sp³-hybridized carbons (Fsp3) is 0.438. The highest BCUT2D eigenvalue weighted by Crippen LogP contribution is 2.12. The quantitative estimate of drug-likeness (QED) is 0.696. The first kappa shape index (κ1) is 14.6. The van der Waals surface area contributed by atoms with Gasteiger partial charge in [0, 0.05) is 30.4 Å². The van der Waals surface area contributed by atoms with E-state index in [1.165, 1.54) is 19.3 Å². The van der Waals surface area contributed by atoms with Gasteiger partial charge < -0.3 is 16.0 Å². The summed E-state index contributed by atoms with van der Waals surface area (Å²) in [6.07, 6.45) is 5.49. The summed E-state index contributed by atoms with van der Waals surface area (Å²) in [6.45, 7) is 6.12. The molecule has 1 aromatic rings. The molecule has 20 heavy (non-hydrogen) atoms. The van der Waals surface area contributed by atoms with E-state index in [-0.39, 0.29) is 5.91 Å². The highest BCUT2D eigenvalue weighted by atomic mass is 16.1. The molecule has 1 atom stereocenters. The third-order valence-electron chi connectivity index (χ3n) is 3.52. The zero-order valence-corrected chi connectivity index (χ0v) is 11.8. The Hall–Kier alpha value is -1.81. The maximum absolute atomic E-state index is 11.7. The molecule has 0 saturated carbocycles. The molecule has 0 radical (unpaired) electrons. The molecule has 4 nitrogen and oxygen atoms in total. The molecule has 3 N–H and O–H groups in total. The minimum absolute atomic E-state index is 0.0644. The van der Waals surface area contributed by atoms with Crippen LogP contribution in [0.15, 0.2) is 36.9 Å². The average molecular weight is 273 g/mol. The summed E-state index contributed by atoms with van der Waals surface area (Å²) >= 11 is 0. The van der Waals surface area contributed by atoms with Crippen LogP contribution in [0.4, 0.5) is 5.69 Å². The molecule has 1 aliphatic rings. The van der Waals surface area contributed by atoms with Crippen molar-refractivity contribution < 1.29 is 4.79 Å². The number of benzene rings is 1. The summed E-state index contributed by atoms with van der Waals surface area (Å²) in [4.78, 5) is 11.7. The van der Waals surface area contributed by atoms with Crippen LogP contribution in [-0.4, -0.2) is 31.6 Å². The Morgan fingerprint density at radius 2 is 2.15 bits per heavy atom. The summed E-state index contributed by atoms with van der Waals surface area (Å²) in [5.74, 6) is -0.0644. The van der Waals surface area contributed by atoms with Gasteiger partial charge in [-0.15, -0.1) is 6.58 Å². The number of hydrogen-bond acceptors (Lipinski definition) is 3. The fourth-order valence-corrected chi connectivity index (χ4v) is 2.35. The zero-order chi connectivity index (χ0) is 14.2. The van der Waals surface area contributed by atoms with Crippen LogP contribution in [-0.2, 0) is 0 Å². The molecule has 108 valence electrons. The highest BCUT2D eigenvalue weighted by molar-refractivity contribution is 5.94. The van der Waals surface area contributed by atoms with E-state index in [1.54, 1.807) is 6.08 Å². The predicted octanol–water partition coefficient (Wildman–Crippen LogP) is 2.16. The van der Waals surface area contributed by atoms with Crippen LogP contribution >= 0.6 is 0 Å². The molecule has 1 fully saturated rings. The molecule has 1 heterocycles. The summed E-state index contributed by atoms with van der Waals surface area (Å²) in [7, 11) is 0. The van der Waals surface area contributed by atoms with Crippen molar-refractivity contribution in [3.63, 3.8) is 0 Å². The van der Waals surface area contributed by atoms with Gasteiger partial charge in [0.25, 0.3) is 5.91 Å². The molecule has 1 unspecified atom stereocenters. The normalized spacial score (nSPS) is 18.3. The Balaban J connectivity index is 1.81. The minimum Gasteiger partial charge on any atom is -0.383 e. The van der Waals surface area contributed by atoms with Crippen molar-refractivity contribution in [3.05, 3.63) is 42.5 Å². The largest absolute Gasteiger partial charge is 0.383 e. The van der Waals surface area contributed by atoms with Gasteiger partial charge in [-0.3, -0.25) is 4.79 Å². The van der Waals surface area contributed by atoms with E-state index < -0.39 is 0 Å². The van der Waals surface area contributed by atoms with Gasteiger partial charge >= 0.3 is 0 Å². The maximum Gasteiger partial charge on any atom is 0.251 e. The van der Waals surface area contributed by atoms with E-state index in [9.17, 15) is 4.79 Å². The highest BCUT2D eigenvalue weighted by Gasteiger charge is 2.11. The second kappa shape index (κ2) is 7.70. The summed E-state index contributed by atoms with van der Waals surface area (Å²) in [5, 5.41) is 9.68. The Bertz CT molecular complexity index is 436. The molecule has 0 aliphatic carbocycles. The minimum atomic E-state index is -0.0644. The number of carbonyl (C=O) groups is 1. The van der Waals surface area contributed by atoms with Crippen LogP contribution in [0, 0.1) is 0 Å². The summed E-state index contributed by atoms with van der Waals surface area (Å²) < 4.78 is 0. The fourth-order valence-electron chi connectivity index (χ4n) is 2.35. The number of nitrogens with one attached hydrogen (secondary N) is 3. The molecule has 0 aromatic heterocycles. The van der Waals surface area contributed by atoms with Gasteiger partial charge in [-0.05, 0) is 43.7 Å². The van der Waals surface area contributed by atoms with Crippen molar-refractivity contribution in [2.45, 2.75) is 25.3 Å². The molecule has 0 bridgehead atoms. The van der Waals surface area contributed by atoms with E-state index >= 15 is 0 Å². The van der Waals surface area contributed by atoms with Gasteiger partial charge in [-0.1, -0.05) is 12.5 Å². The smallest absolute Gasteiger partial charge is 0.251 e. The Morgan fingerprint density at radius 1 is 1.35 bits per heavy atom. The second-order valence-electron chi connectivity index (χ2n) is 5.10. The number of hydrogen-bond donors (Lipinski definition) is 3. The van der Waals surface area contributed by atoms with Crippen molar-refractivity contribution >= 4 is 11.6 Å². The third-order valence-corrected chi connectivity index (χ3v) is 3.52. The Morgan fingerprint density at radius 3 is 2.80 bits per heavy atom. The number of amides is 1. The first-order chi connectivity index (χ1) is 9.79. The van der Waals surface area contributed by atoms with E-state index in [0.717, 1.165) is 18.8 Å². The van der Waals surface area contributed by atoms with Crippen LogP contribution in [0.5, 0.6) is 0 Å². The lowest BCUT2D eigenvalue weighted by Crippen LogP contribution is -2.39. The van der Waals surface area contributed by atoms with Gasteiger partial charge in [-0.2, -0.15) is 0 Å². The van der Waals surface area contributed by atoms with Gasteiger partial charge in [0.1, 0.15) is 0 Å². The lowest BCUT2D eigenvalue weighted by Gasteiger charge is -2.24. The second-order valence-corrected chi connectivity index (χ2v) is 5.10. The van der Waals surface area contributed by atoms with Crippen LogP contribution in [0.1, 0.15) is 29.6 Å². The Kier molecular flexibility index (Phi) is 5.62. The standard InChI is InChI=1S/C16H23N3O/c1-2-10-18-16(20)13-6-8-14(9-7-13)19-12-15-5-3-4-11-17-15/h2,6-9,15,17,19H,1,3-5,10-12H2,(H,18,20). The van der Waals surface area contributed by atoms with E-state index in [1.807, 2.05) is 24.3 Å². The Labute approximate surface area is 120 Å². The monoisotopic (exact) mass is 273 g/mol. The van der Waals surface area contributed by atoms with Gasteiger partial charge in [0.2, 0.25) is 0 Å².